The summed E-state index contributed by atoms with van der Waals surface area (Å²) >= 11 is 0. The van der Waals surface area contributed by atoms with Crippen molar-refractivity contribution >= 4 is 16.7 Å². The molecule has 0 aromatic heterocycles. The van der Waals surface area contributed by atoms with E-state index in [0.29, 0.717) is 23.6 Å². The van der Waals surface area contributed by atoms with Crippen molar-refractivity contribution in [1.29, 1.82) is 0 Å². The maximum atomic E-state index is 11.3. The van der Waals surface area contributed by atoms with Gasteiger partial charge in [-0.25, -0.2) is 0 Å². The number of nitrogens with two attached hydrogens (primary N) is 1. The maximum absolute atomic E-state index is 11.3. The van der Waals surface area contributed by atoms with Gasteiger partial charge in [-0.3, -0.25) is 4.79 Å². The van der Waals surface area contributed by atoms with Gasteiger partial charge in [0.25, 0.3) is 0 Å². The van der Waals surface area contributed by atoms with Crippen molar-refractivity contribution < 1.29 is 4.79 Å². The van der Waals surface area contributed by atoms with E-state index in [9.17, 15) is 4.79 Å². The van der Waals surface area contributed by atoms with E-state index < -0.39 is 0 Å². The second-order valence-electron chi connectivity index (χ2n) is 8.00. The lowest BCUT2D eigenvalue weighted by Gasteiger charge is -2.32. The molecule has 1 aliphatic carbocycles. The molecule has 3 aromatic rings. The zero-order chi connectivity index (χ0) is 19.5. The Labute approximate surface area is 167 Å². The van der Waals surface area contributed by atoms with Gasteiger partial charge in [-0.05, 0) is 66.1 Å². The van der Waals surface area contributed by atoms with Crippen LogP contribution in [0.15, 0.2) is 66.7 Å². The fourth-order valence-electron chi connectivity index (χ4n) is 4.63. The summed E-state index contributed by atoms with van der Waals surface area (Å²) in [7, 11) is 0. The molecule has 4 rings (SSSR count). The lowest BCUT2D eigenvalue weighted by atomic mass is 9.80. The third-order valence-electron chi connectivity index (χ3n) is 6.12. The molecule has 3 aromatic carbocycles. The minimum atomic E-state index is -0.362. The highest BCUT2D eigenvalue weighted by Crippen LogP contribution is 2.34. The normalized spacial score (nSPS) is 20.8. The standard InChI is InChI=1S/C25H28N2O/c1-17(23-11-5-7-19-6-2-3-10-24(19)23)27-22-9-4-8-21(16-22)18-12-14-20(15-13-18)25(26)28/h2-3,5-7,10-15,17,21-22,27H,4,8-9,16H2,1H3,(H2,26,28). The molecular formula is C25H28N2O. The number of fused-ring (bicyclic) bond motifs is 1. The topological polar surface area (TPSA) is 55.1 Å². The number of carbonyl (C=O) groups excluding carboxylic acids is 1. The SMILES string of the molecule is CC(NC1CCCC(c2ccc(C(N)=O)cc2)C1)c1cccc2ccccc12. The van der Waals surface area contributed by atoms with Crippen LogP contribution in [0.2, 0.25) is 0 Å². The fraction of sp³-hybridized carbons (Fsp3) is 0.320. The number of amides is 1. The Kier molecular flexibility index (Phi) is 5.45. The highest BCUT2D eigenvalue weighted by atomic mass is 16.1. The van der Waals surface area contributed by atoms with Crippen molar-refractivity contribution in [2.75, 3.05) is 0 Å². The second kappa shape index (κ2) is 8.15. The van der Waals surface area contributed by atoms with Crippen molar-refractivity contribution in [2.45, 2.75) is 50.6 Å². The summed E-state index contributed by atoms with van der Waals surface area (Å²) in [6.07, 6.45) is 4.77. The van der Waals surface area contributed by atoms with Crippen LogP contribution in [0.3, 0.4) is 0 Å². The zero-order valence-electron chi connectivity index (χ0n) is 16.4. The molecule has 3 heteroatoms. The first kappa shape index (κ1) is 18.7. The quantitative estimate of drug-likeness (QED) is 0.637. The molecule has 0 heterocycles. The molecular weight excluding hydrogens is 344 g/mol. The lowest BCUT2D eigenvalue weighted by Crippen LogP contribution is -2.35. The number of rotatable bonds is 5. The first-order valence-electron chi connectivity index (χ1n) is 10.3. The van der Waals surface area contributed by atoms with E-state index in [2.05, 4.69) is 66.8 Å². The molecule has 0 saturated heterocycles. The monoisotopic (exact) mass is 372 g/mol. The van der Waals surface area contributed by atoms with Crippen LogP contribution in [0.4, 0.5) is 0 Å². The fourth-order valence-corrected chi connectivity index (χ4v) is 4.63. The minimum absolute atomic E-state index is 0.312. The van der Waals surface area contributed by atoms with Gasteiger partial charge < -0.3 is 11.1 Å². The van der Waals surface area contributed by atoms with Crippen LogP contribution in [-0.2, 0) is 0 Å². The molecule has 0 aliphatic heterocycles. The number of nitrogens with one attached hydrogen (secondary N) is 1. The lowest BCUT2D eigenvalue weighted by molar-refractivity contribution is 0.1000. The van der Waals surface area contributed by atoms with E-state index in [4.69, 9.17) is 5.73 Å². The molecule has 1 amide bonds. The molecule has 3 unspecified atom stereocenters. The Morgan fingerprint density at radius 1 is 1.00 bits per heavy atom. The van der Waals surface area contributed by atoms with Gasteiger partial charge in [-0.15, -0.1) is 0 Å². The first-order valence-corrected chi connectivity index (χ1v) is 10.3. The average molecular weight is 373 g/mol. The maximum Gasteiger partial charge on any atom is 0.248 e. The Hall–Kier alpha value is -2.65. The third-order valence-corrected chi connectivity index (χ3v) is 6.12. The van der Waals surface area contributed by atoms with Gasteiger partial charge in [0.05, 0.1) is 0 Å². The number of hydrogen-bond acceptors (Lipinski definition) is 2. The van der Waals surface area contributed by atoms with Crippen molar-refractivity contribution in [3.8, 4) is 0 Å². The molecule has 0 radical (unpaired) electrons. The Morgan fingerprint density at radius 2 is 1.75 bits per heavy atom. The van der Waals surface area contributed by atoms with Gasteiger partial charge in [0.1, 0.15) is 0 Å². The first-order chi connectivity index (χ1) is 13.6. The van der Waals surface area contributed by atoms with Gasteiger partial charge in [-0.2, -0.15) is 0 Å². The van der Waals surface area contributed by atoms with Gasteiger partial charge in [0.15, 0.2) is 0 Å². The zero-order valence-corrected chi connectivity index (χ0v) is 16.4. The van der Waals surface area contributed by atoms with Crippen LogP contribution >= 0.6 is 0 Å². The molecule has 3 atom stereocenters. The van der Waals surface area contributed by atoms with Crippen molar-refractivity contribution in [2.24, 2.45) is 5.73 Å². The van der Waals surface area contributed by atoms with E-state index in [-0.39, 0.29) is 5.91 Å². The molecule has 144 valence electrons. The summed E-state index contributed by atoms with van der Waals surface area (Å²) < 4.78 is 0. The van der Waals surface area contributed by atoms with Crippen LogP contribution in [0.25, 0.3) is 10.8 Å². The smallest absolute Gasteiger partial charge is 0.248 e. The Morgan fingerprint density at radius 3 is 2.54 bits per heavy atom. The van der Waals surface area contributed by atoms with Crippen LogP contribution in [-0.4, -0.2) is 11.9 Å². The minimum Gasteiger partial charge on any atom is -0.366 e. The van der Waals surface area contributed by atoms with Gasteiger partial charge in [0.2, 0.25) is 5.91 Å². The Balaban J connectivity index is 1.46. The predicted molar refractivity (Wildman–Crippen MR) is 115 cm³/mol. The average Bonchev–Trinajstić information content (AvgIpc) is 2.73. The van der Waals surface area contributed by atoms with Gasteiger partial charge in [0, 0.05) is 17.6 Å². The van der Waals surface area contributed by atoms with Gasteiger partial charge >= 0.3 is 0 Å². The van der Waals surface area contributed by atoms with E-state index in [1.54, 1.807) is 0 Å². The van der Waals surface area contributed by atoms with Crippen LogP contribution < -0.4 is 11.1 Å². The molecule has 1 aliphatic rings. The van der Waals surface area contributed by atoms with Crippen molar-refractivity contribution in [3.05, 3.63) is 83.4 Å². The molecule has 1 fully saturated rings. The highest BCUT2D eigenvalue weighted by Gasteiger charge is 2.25. The summed E-state index contributed by atoms with van der Waals surface area (Å²) in [6, 6.07) is 23.8. The van der Waals surface area contributed by atoms with Crippen molar-refractivity contribution in [3.63, 3.8) is 0 Å². The largest absolute Gasteiger partial charge is 0.366 e. The summed E-state index contributed by atoms with van der Waals surface area (Å²) in [4.78, 5) is 11.3. The van der Waals surface area contributed by atoms with Crippen molar-refractivity contribution in [1.82, 2.24) is 5.32 Å². The predicted octanol–water partition coefficient (Wildman–Crippen LogP) is 5.32. The number of hydrogen-bond donors (Lipinski definition) is 2. The highest BCUT2D eigenvalue weighted by molar-refractivity contribution is 5.92. The Bertz CT molecular complexity index is 958. The van der Waals surface area contributed by atoms with E-state index >= 15 is 0 Å². The van der Waals surface area contributed by atoms with E-state index in [1.807, 2.05) is 12.1 Å². The third kappa shape index (κ3) is 3.95. The molecule has 3 N–H and O–H groups in total. The van der Waals surface area contributed by atoms with E-state index in [0.717, 1.165) is 6.42 Å². The number of benzene rings is 3. The second-order valence-corrected chi connectivity index (χ2v) is 8.00. The molecule has 28 heavy (non-hydrogen) atoms. The summed E-state index contributed by atoms with van der Waals surface area (Å²) in [5.74, 6) is 0.173. The number of carbonyl (C=O) groups is 1. The number of primary amides is 1. The van der Waals surface area contributed by atoms with Crippen LogP contribution in [0.5, 0.6) is 0 Å². The molecule has 1 saturated carbocycles. The van der Waals surface area contributed by atoms with Crippen LogP contribution in [0, 0.1) is 0 Å². The summed E-state index contributed by atoms with van der Waals surface area (Å²) in [5.41, 5.74) is 8.63. The molecule has 3 nitrogen and oxygen atoms in total. The van der Waals surface area contributed by atoms with Crippen LogP contribution in [0.1, 0.15) is 66.1 Å². The van der Waals surface area contributed by atoms with E-state index in [1.165, 1.54) is 41.2 Å². The molecule has 0 bridgehead atoms. The summed E-state index contributed by atoms with van der Waals surface area (Å²) in [5, 5.41) is 6.51. The molecule has 0 spiro atoms. The summed E-state index contributed by atoms with van der Waals surface area (Å²) in [6.45, 7) is 2.27. The van der Waals surface area contributed by atoms with Gasteiger partial charge in [-0.1, -0.05) is 61.0 Å².